The van der Waals surface area contributed by atoms with Crippen molar-refractivity contribution < 1.29 is 4.74 Å². The van der Waals surface area contributed by atoms with Crippen LogP contribution in [0.4, 0.5) is 0 Å². The predicted molar refractivity (Wildman–Crippen MR) is 54.9 cm³/mol. The number of nitrogens with zero attached hydrogens (tertiary/aromatic N) is 1. The van der Waals surface area contributed by atoms with E-state index < -0.39 is 0 Å². The van der Waals surface area contributed by atoms with Crippen molar-refractivity contribution in [3.05, 3.63) is 0 Å². The molecule has 0 radical (unpaired) electrons. The zero-order valence-corrected chi connectivity index (χ0v) is 9.21. The fourth-order valence-electron chi connectivity index (χ4n) is 1.77. The van der Waals surface area contributed by atoms with Crippen LogP contribution in [0.1, 0.15) is 13.8 Å². The molecule has 0 aromatic carbocycles. The van der Waals surface area contributed by atoms with Crippen LogP contribution in [0.25, 0.3) is 0 Å². The Morgan fingerprint density at radius 2 is 2.15 bits per heavy atom. The molecule has 1 saturated heterocycles. The summed E-state index contributed by atoms with van der Waals surface area (Å²) in [5.41, 5.74) is 0. The molecule has 0 aromatic rings. The molecule has 0 amide bonds. The van der Waals surface area contributed by atoms with Crippen LogP contribution in [-0.4, -0.2) is 50.8 Å². The highest BCUT2D eigenvalue weighted by molar-refractivity contribution is 4.78. The summed E-state index contributed by atoms with van der Waals surface area (Å²) >= 11 is 0. The first-order chi connectivity index (χ1) is 6.13. The average molecular weight is 186 g/mol. The van der Waals surface area contributed by atoms with Crippen molar-refractivity contribution in [2.75, 3.05) is 33.7 Å². The van der Waals surface area contributed by atoms with Gasteiger partial charge in [0.15, 0.2) is 0 Å². The molecular weight excluding hydrogens is 164 g/mol. The largest absolute Gasteiger partial charge is 0.371 e. The van der Waals surface area contributed by atoms with Crippen molar-refractivity contribution in [3.8, 4) is 0 Å². The Morgan fingerprint density at radius 1 is 1.46 bits per heavy atom. The Hall–Kier alpha value is -0.120. The van der Waals surface area contributed by atoms with Crippen LogP contribution in [0.15, 0.2) is 0 Å². The maximum atomic E-state index is 5.95. The van der Waals surface area contributed by atoms with Crippen LogP contribution in [0.5, 0.6) is 0 Å². The lowest BCUT2D eigenvalue weighted by Crippen LogP contribution is -2.50. The smallest absolute Gasteiger partial charge is 0.0830 e. The Labute approximate surface area is 81.4 Å². The van der Waals surface area contributed by atoms with Gasteiger partial charge >= 0.3 is 0 Å². The van der Waals surface area contributed by atoms with Crippen molar-refractivity contribution in [2.24, 2.45) is 5.92 Å². The van der Waals surface area contributed by atoms with Crippen molar-refractivity contribution in [1.82, 2.24) is 10.2 Å². The van der Waals surface area contributed by atoms with Gasteiger partial charge in [-0.3, -0.25) is 0 Å². The van der Waals surface area contributed by atoms with E-state index in [1.165, 1.54) is 0 Å². The molecule has 1 aliphatic rings. The van der Waals surface area contributed by atoms with E-state index in [-0.39, 0.29) is 0 Å². The third-order valence-electron chi connectivity index (χ3n) is 2.55. The second kappa shape index (κ2) is 4.94. The molecule has 1 fully saturated rings. The topological polar surface area (TPSA) is 24.5 Å². The van der Waals surface area contributed by atoms with E-state index in [1.54, 1.807) is 0 Å². The van der Waals surface area contributed by atoms with Gasteiger partial charge in [-0.1, -0.05) is 13.8 Å². The molecule has 1 heterocycles. The molecule has 0 aromatic heterocycles. The molecule has 13 heavy (non-hydrogen) atoms. The van der Waals surface area contributed by atoms with Gasteiger partial charge in [0.1, 0.15) is 0 Å². The molecule has 1 rings (SSSR count). The van der Waals surface area contributed by atoms with E-state index >= 15 is 0 Å². The van der Waals surface area contributed by atoms with Gasteiger partial charge in [0.25, 0.3) is 0 Å². The van der Waals surface area contributed by atoms with Gasteiger partial charge in [0, 0.05) is 19.6 Å². The van der Waals surface area contributed by atoms with E-state index in [0.717, 1.165) is 19.6 Å². The van der Waals surface area contributed by atoms with Crippen molar-refractivity contribution in [1.29, 1.82) is 0 Å². The highest BCUT2D eigenvalue weighted by Gasteiger charge is 2.26. The molecule has 1 N–H and O–H groups in total. The normalized spacial score (nSPS) is 31.2. The number of morpholine rings is 1. The Balaban J connectivity index is 2.42. The van der Waals surface area contributed by atoms with Crippen LogP contribution in [0.3, 0.4) is 0 Å². The van der Waals surface area contributed by atoms with Crippen LogP contribution in [0, 0.1) is 5.92 Å². The summed E-state index contributed by atoms with van der Waals surface area (Å²) in [6, 6.07) is 0. The fraction of sp³-hybridized carbons (Fsp3) is 1.00. The molecule has 0 bridgehead atoms. The Morgan fingerprint density at radius 3 is 2.69 bits per heavy atom. The second-order valence-corrected chi connectivity index (χ2v) is 4.32. The van der Waals surface area contributed by atoms with Crippen LogP contribution >= 0.6 is 0 Å². The first kappa shape index (κ1) is 11.0. The summed E-state index contributed by atoms with van der Waals surface area (Å²) in [6.45, 7) is 7.51. The van der Waals surface area contributed by atoms with Gasteiger partial charge in [-0.15, -0.1) is 0 Å². The molecule has 3 heteroatoms. The molecule has 1 aliphatic heterocycles. The minimum absolute atomic E-state index is 0.358. The number of rotatable bonds is 3. The fourth-order valence-corrected chi connectivity index (χ4v) is 1.77. The summed E-state index contributed by atoms with van der Waals surface area (Å²) in [7, 11) is 4.14. The molecule has 0 spiro atoms. The molecule has 0 saturated carbocycles. The Kier molecular flexibility index (Phi) is 4.16. The summed E-state index contributed by atoms with van der Waals surface area (Å²) < 4.78 is 5.95. The van der Waals surface area contributed by atoms with Gasteiger partial charge in [0.2, 0.25) is 0 Å². The summed E-state index contributed by atoms with van der Waals surface area (Å²) in [5, 5.41) is 3.17. The van der Waals surface area contributed by atoms with Crippen LogP contribution in [0.2, 0.25) is 0 Å². The van der Waals surface area contributed by atoms with Crippen molar-refractivity contribution >= 4 is 0 Å². The molecular formula is C10H22N2O. The lowest BCUT2D eigenvalue weighted by molar-refractivity contribution is -0.0943. The zero-order chi connectivity index (χ0) is 9.84. The molecule has 0 aliphatic carbocycles. The maximum Gasteiger partial charge on any atom is 0.0830 e. The first-order valence-corrected chi connectivity index (χ1v) is 5.12. The molecule has 78 valence electrons. The van der Waals surface area contributed by atoms with Gasteiger partial charge < -0.3 is 15.0 Å². The summed E-state index contributed by atoms with van der Waals surface area (Å²) in [5.74, 6) is 0.613. The van der Waals surface area contributed by atoms with Gasteiger partial charge in [-0.05, 0) is 20.0 Å². The molecule has 2 atom stereocenters. The van der Waals surface area contributed by atoms with Crippen LogP contribution in [-0.2, 0) is 4.74 Å². The third kappa shape index (κ3) is 3.25. The lowest BCUT2D eigenvalue weighted by Gasteiger charge is -2.37. The van der Waals surface area contributed by atoms with Gasteiger partial charge in [-0.2, -0.15) is 0 Å². The van der Waals surface area contributed by atoms with E-state index in [1.807, 2.05) is 7.05 Å². The summed E-state index contributed by atoms with van der Waals surface area (Å²) in [6.07, 6.45) is 0.758. The highest BCUT2D eigenvalue weighted by atomic mass is 16.5. The zero-order valence-electron chi connectivity index (χ0n) is 9.21. The number of ether oxygens (including phenoxy) is 1. The van der Waals surface area contributed by atoms with Crippen molar-refractivity contribution in [3.63, 3.8) is 0 Å². The van der Waals surface area contributed by atoms with E-state index in [9.17, 15) is 0 Å². The number of hydrogen-bond donors (Lipinski definition) is 1. The quantitative estimate of drug-likeness (QED) is 0.697. The number of likely N-dealkylation sites (N-methyl/N-ethyl adjacent to an activating group) is 2. The van der Waals surface area contributed by atoms with Gasteiger partial charge in [0.05, 0.1) is 12.2 Å². The SMILES string of the molecule is CNCC1CN(C)CC(C(C)C)O1. The number of nitrogens with one attached hydrogen (secondary N) is 1. The van der Waals surface area contributed by atoms with E-state index in [0.29, 0.717) is 18.1 Å². The standard InChI is InChI=1S/C10H22N2O/c1-8(2)10-7-12(4)6-9(13-10)5-11-3/h8-11H,5-7H2,1-4H3. The predicted octanol–water partition coefficient (Wildman–Crippen LogP) is 0.561. The number of hydrogen-bond acceptors (Lipinski definition) is 3. The average Bonchev–Trinajstić information content (AvgIpc) is 2.03. The van der Waals surface area contributed by atoms with E-state index in [2.05, 4.69) is 31.1 Å². The Bertz CT molecular complexity index is 150. The van der Waals surface area contributed by atoms with E-state index in [4.69, 9.17) is 4.74 Å². The molecule has 3 nitrogen and oxygen atoms in total. The highest BCUT2D eigenvalue weighted by Crippen LogP contribution is 2.15. The van der Waals surface area contributed by atoms with Crippen LogP contribution < -0.4 is 5.32 Å². The minimum atomic E-state index is 0.358. The van der Waals surface area contributed by atoms with Gasteiger partial charge in [-0.25, -0.2) is 0 Å². The van der Waals surface area contributed by atoms with Crippen molar-refractivity contribution in [2.45, 2.75) is 26.1 Å². The first-order valence-electron chi connectivity index (χ1n) is 5.12. The second-order valence-electron chi connectivity index (χ2n) is 4.32. The third-order valence-corrected chi connectivity index (χ3v) is 2.55. The molecule has 2 unspecified atom stereocenters. The summed E-state index contributed by atoms with van der Waals surface area (Å²) in [4.78, 5) is 2.36. The lowest BCUT2D eigenvalue weighted by atomic mass is 10.0. The minimum Gasteiger partial charge on any atom is -0.371 e. The monoisotopic (exact) mass is 186 g/mol. The maximum absolute atomic E-state index is 5.95.